The van der Waals surface area contributed by atoms with Crippen molar-refractivity contribution in [3.05, 3.63) is 64.6 Å². The van der Waals surface area contributed by atoms with Gasteiger partial charge in [0.2, 0.25) is 0 Å². The molecule has 2 heterocycles. The standard InChI is InChI=1S/C23H24N2O4S/c1-17-2-8-20(9-3-17)29-15-12-25-22(26)21(30-23(25)27)16-18-4-6-19(7-5-18)24-10-13-28-14-11-24/h2-9,16H,10-15H2,1H3/b21-16-. The van der Waals surface area contributed by atoms with Crippen LogP contribution in [-0.4, -0.2) is 55.5 Å². The van der Waals surface area contributed by atoms with Crippen molar-refractivity contribution in [2.75, 3.05) is 44.4 Å². The van der Waals surface area contributed by atoms with E-state index >= 15 is 0 Å². The van der Waals surface area contributed by atoms with Crippen molar-refractivity contribution >= 4 is 34.7 Å². The largest absolute Gasteiger partial charge is 0.492 e. The van der Waals surface area contributed by atoms with Gasteiger partial charge in [0.05, 0.1) is 24.7 Å². The Morgan fingerprint density at radius 3 is 2.43 bits per heavy atom. The molecule has 2 saturated heterocycles. The summed E-state index contributed by atoms with van der Waals surface area (Å²) in [7, 11) is 0. The number of carbonyl (C=O) groups excluding carboxylic acids is 2. The zero-order valence-corrected chi connectivity index (χ0v) is 17.7. The van der Waals surface area contributed by atoms with Crippen molar-refractivity contribution in [3.63, 3.8) is 0 Å². The third-order valence-electron chi connectivity index (χ3n) is 5.05. The minimum absolute atomic E-state index is 0.228. The fourth-order valence-electron chi connectivity index (χ4n) is 3.34. The molecule has 2 aliphatic rings. The number of nitrogens with zero attached hydrogens (tertiary/aromatic N) is 2. The average molecular weight is 425 g/mol. The molecule has 0 saturated carbocycles. The third kappa shape index (κ3) is 4.86. The first kappa shape index (κ1) is 20.5. The summed E-state index contributed by atoms with van der Waals surface area (Å²) in [5.41, 5.74) is 3.18. The van der Waals surface area contributed by atoms with Crippen LogP contribution in [0.5, 0.6) is 5.75 Å². The monoisotopic (exact) mass is 424 g/mol. The Kier molecular flexibility index (Phi) is 6.40. The second-order valence-electron chi connectivity index (χ2n) is 7.19. The van der Waals surface area contributed by atoms with Crippen molar-refractivity contribution in [1.82, 2.24) is 4.90 Å². The molecular formula is C23H24N2O4S. The van der Waals surface area contributed by atoms with Crippen molar-refractivity contribution in [1.29, 1.82) is 0 Å². The Morgan fingerprint density at radius 1 is 1.03 bits per heavy atom. The fourth-order valence-corrected chi connectivity index (χ4v) is 4.20. The van der Waals surface area contributed by atoms with E-state index in [0.29, 0.717) is 4.91 Å². The van der Waals surface area contributed by atoms with E-state index in [2.05, 4.69) is 4.90 Å². The van der Waals surface area contributed by atoms with Crippen LogP contribution in [0.2, 0.25) is 0 Å². The number of imide groups is 1. The molecule has 2 aromatic rings. The van der Waals surface area contributed by atoms with Crippen LogP contribution in [-0.2, 0) is 9.53 Å². The van der Waals surface area contributed by atoms with E-state index in [1.807, 2.05) is 55.5 Å². The van der Waals surface area contributed by atoms with E-state index in [0.717, 1.165) is 60.6 Å². The maximum atomic E-state index is 12.7. The summed E-state index contributed by atoms with van der Waals surface area (Å²) >= 11 is 0.973. The fraction of sp³-hybridized carbons (Fsp3) is 0.304. The van der Waals surface area contributed by atoms with Gasteiger partial charge in [-0.2, -0.15) is 0 Å². The zero-order valence-electron chi connectivity index (χ0n) is 16.9. The highest BCUT2D eigenvalue weighted by atomic mass is 32.2. The van der Waals surface area contributed by atoms with Gasteiger partial charge in [-0.05, 0) is 54.6 Å². The van der Waals surface area contributed by atoms with Gasteiger partial charge in [0.25, 0.3) is 11.1 Å². The molecule has 4 rings (SSSR count). The maximum Gasteiger partial charge on any atom is 0.293 e. The number of aryl methyl sites for hydroxylation is 1. The van der Waals surface area contributed by atoms with Crippen LogP contribution in [0.25, 0.3) is 6.08 Å². The molecule has 2 aromatic carbocycles. The van der Waals surface area contributed by atoms with Crippen LogP contribution < -0.4 is 9.64 Å². The number of morpholine rings is 1. The number of anilines is 1. The summed E-state index contributed by atoms with van der Waals surface area (Å²) in [4.78, 5) is 28.9. The van der Waals surface area contributed by atoms with Gasteiger partial charge in [0.1, 0.15) is 12.4 Å². The van der Waals surface area contributed by atoms with Crippen LogP contribution in [0.15, 0.2) is 53.4 Å². The molecule has 0 radical (unpaired) electrons. The molecule has 0 bridgehead atoms. The lowest BCUT2D eigenvalue weighted by Crippen LogP contribution is -2.36. The van der Waals surface area contributed by atoms with E-state index in [1.165, 1.54) is 4.90 Å². The topological polar surface area (TPSA) is 59.1 Å². The van der Waals surface area contributed by atoms with E-state index in [-0.39, 0.29) is 24.3 Å². The summed E-state index contributed by atoms with van der Waals surface area (Å²) in [5.74, 6) is 0.457. The van der Waals surface area contributed by atoms with Gasteiger partial charge in [-0.3, -0.25) is 14.5 Å². The quantitative estimate of drug-likeness (QED) is 0.655. The van der Waals surface area contributed by atoms with Crippen molar-refractivity contribution < 1.29 is 19.1 Å². The molecular weight excluding hydrogens is 400 g/mol. The molecule has 2 aliphatic heterocycles. The predicted molar refractivity (Wildman–Crippen MR) is 119 cm³/mol. The molecule has 0 N–H and O–H groups in total. The number of hydrogen-bond donors (Lipinski definition) is 0. The summed E-state index contributed by atoms with van der Waals surface area (Å²) in [6.07, 6.45) is 1.77. The van der Waals surface area contributed by atoms with Crippen molar-refractivity contribution in [2.24, 2.45) is 0 Å². The minimum Gasteiger partial charge on any atom is -0.492 e. The van der Waals surface area contributed by atoms with Gasteiger partial charge in [0, 0.05) is 18.8 Å². The first-order chi connectivity index (χ1) is 14.6. The van der Waals surface area contributed by atoms with Crippen LogP contribution in [0.4, 0.5) is 10.5 Å². The number of rotatable bonds is 6. The molecule has 0 atom stereocenters. The molecule has 156 valence electrons. The van der Waals surface area contributed by atoms with Crippen LogP contribution in [0.1, 0.15) is 11.1 Å². The van der Waals surface area contributed by atoms with Gasteiger partial charge in [-0.25, -0.2) is 0 Å². The number of thioether (sulfide) groups is 1. The molecule has 6 nitrogen and oxygen atoms in total. The SMILES string of the molecule is Cc1ccc(OCCN2C(=O)S/C(=C\c3ccc(N4CCOCC4)cc3)C2=O)cc1. The Labute approximate surface area is 180 Å². The van der Waals surface area contributed by atoms with Crippen LogP contribution in [0.3, 0.4) is 0 Å². The third-order valence-corrected chi connectivity index (χ3v) is 5.95. The lowest BCUT2D eigenvalue weighted by molar-refractivity contribution is -0.123. The Hall–Kier alpha value is -2.77. The number of carbonyl (C=O) groups is 2. The molecule has 0 aliphatic carbocycles. The van der Waals surface area contributed by atoms with Gasteiger partial charge >= 0.3 is 0 Å². The van der Waals surface area contributed by atoms with Gasteiger partial charge in [-0.1, -0.05) is 29.8 Å². The summed E-state index contributed by atoms with van der Waals surface area (Å²) in [5, 5.41) is -0.260. The number of amides is 2. The lowest BCUT2D eigenvalue weighted by Gasteiger charge is -2.28. The van der Waals surface area contributed by atoms with E-state index in [4.69, 9.17) is 9.47 Å². The summed E-state index contributed by atoms with van der Waals surface area (Å²) in [6.45, 7) is 5.73. The minimum atomic E-state index is -0.269. The molecule has 30 heavy (non-hydrogen) atoms. The van der Waals surface area contributed by atoms with E-state index in [9.17, 15) is 9.59 Å². The zero-order chi connectivity index (χ0) is 20.9. The summed E-state index contributed by atoms with van der Waals surface area (Å²) < 4.78 is 11.0. The first-order valence-electron chi connectivity index (χ1n) is 9.98. The van der Waals surface area contributed by atoms with Crippen LogP contribution >= 0.6 is 11.8 Å². The molecule has 2 fully saturated rings. The van der Waals surface area contributed by atoms with E-state index < -0.39 is 0 Å². The lowest BCUT2D eigenvalue weighted by atomic mass is 10.1. The average Bonchev–Trinajstić information content (AvgIpc) is 3.03. The van der Waals surface area contributed by atoms with Crippen molar-refractivity contribution in [2.45, 2.75) is 6.92 Å². The highest BCUT2D eigenvalue weighted by Crippen LogP contribution is 2.32. The molecule has 0 aromatic heterocycles. The molecule has 0 spiro atoms. The number of hydrogen-bond acceptors (Lipinski definition) is 6. The maximum absolute atomic E-state index is 12.7. The van der Waals surface area contributed by atoms with Crippen LogP contribution in [0, 0.1) is 6.92 Å². The molecule has 7 heteroatoms. The predicted octanol–water partition coefficient (Wildman–Crippen LogP) is 3.95. The summed E-state index contributed by atoms with van der Waals surface area (Å²) in [6, 6.07) is 15.7. The highest BCUT2D eigenvalue weighted by molar-refractivity contribution is 8.18. The number of ether oxygens (including phenoxy) is 2. The Morgan fingerprint density at radius 2 is 1.73 bits per heavy atom. The first-order valence-corrected chi connectivity index (χ1v) is 10.8. The smallest absolute Gasteiger partial charge is 0.293 e. The van der Waals surface area contributed by atoms with Gasteiger partial charge in [-0.15, -0.1) is 0 Å². The Balaban J connectivity index is 1.35. The normalized spacial score (nSPS) is 18.4. The van der Waals surface area contributed by atoms with Gasteiger partial charge in [0.15, 0.2) is 0 Å². The second kappa shape index (κ2) is 9.36. The van der Waals surface area contributed by atoms with Gasteiger partial charge < -0.3 is 14.4 Å². The Bertz CT molecular complexity index is 935. The number of benzene rings is 2. The van der Waals surface area contributed by atoms with Crippen molar-refractivity contribution in [3.8, 4) is 5.75 Å². The van der Waals surface area contributed by atoms with E-state index in [1.54, 1.807) is 6.08 Å². The highest BCUT2D eigenvalue weighted by Gasteiger charge is 2.34. The molecule has 0 unspecified atom stereocenters. The molecule has 2 amide bonds. The second-order valence-corrected chi connectivity index (χ2v) is 8.18.